The fourth-order valence-corrected chi connectivity index (χ4v) is 3.35. The van der Waals surface area contributed by atoms with Gasteiger partial charge in [-0.15, -0.1) is 11.8 Å². The Kier molecular flexibility index (Phi) is 3.39. The van der Waals surface area contributed by atoms with Crippen LogP contribution in [0.5, 0.6) is 0 Å². The van der Waals surface area contributed by atoms with Crippen LogP contribution in [0.2, 0.25) is 0 Å². The summed E-state index contributed by atoms with van der Waals surface area (Å²) in [4.78, 5) is 37.4. The second-order valence-electron chi connectivity index (χ2n) is 5.85. The van der Waals surface area contributed by atoms with E-state index in [0.29, 0.717) is 0 Å². The van der Waals surface area contributed by atoms with Gasteiger partial charge in [0.2, 0.25) is 0 Å². The van der Waals surface area contributed by atoms with E-state index in [-0.39, 0.29) is 17.0 Å². The maximum Gasteiger partial charge on any atom is 0.408 e. The summed E-state index contributed by atoms with van der Waals surface area (Å²) in [5.74, 6) is -1.44. The average molecular weight is 331 g/mol. The van der Waals surface area contributed by atoms with E-state index in [0.717, 1.165) is 23.8 Å². The van der Waals surface area contributed by atoms with Crippen LogP contribution in [-0.4, -0.2) is 52.7 Å². The standard InChI is InChI=1S/C14H20N2O5S/c1-7-6-22-11-8(15-13(19)21-14(2,3)4)10(17)16(11)9(7)12(18)20-5/h8,11H,6H2,1-5H3,(H,15,19)/t8-,11-/m1/s1/i1D3. The van der Waals surface area contributed by atoms with E-state index in [1.807, 2.05) is 0 Å². The van der Waals surface area contributed by atoms with Crippen LogP contribution in [0.3, 0.4) is 0 Å². The lowest BCUT2D eigenvalue weighted by molar-refractivity contribution is -0.150. The third kappa shape index (κ3) is 3.06. The second-order valence-corrected chi connectivity index (χ2v) is 6.96. The molecule has 1 fully saturated rings. The fourth-order valence-electron chi connectivity index (χ4n) is 2.14. The predicted molar refractivity (Wildman–Crippen MR) is 81.0 cm³/mol. The predicted octanol–water partition coefficient (Wildman–Crippen LogP) is 1.24. The second kappa shape index (κ2) is 5.83. The Hall–Kier alpha value is -1.70. The number of esters is 1. The molecular weight excluding hydrogens is 308 g/mol. The van der Waals surface area contributed by atoms with Crippen molar-refractivity contribution in [1.29, 1.82) is 0 Å². The molecule has 2 heterocycles. The first-order valence-electron chi connectivity index (χ1n) is 8.13. The highest BCUT2D eigenvalue weighted by atomic mass is 32.2. The molecule has 22 heavy (non-hydrogen) atoms. The topological polar surface area (TPSA) is 84.9 Å². The minimum absolute atomic E-state index is 0.0296. The Morgan fingerprint density at radius 1 is 1.45 bits per heavy atom. The molecule has 2 atom stereocenters. The molecule has 1 N–H and O–H groups in total. The van der Waals surface area contributed by atoms with E-state index in [4.69, 9.17) is 8.85 Å². The number of rotatable bonds is 2. The van der Waals surface area contributed by atoms with Gasteiger partial charge in [0, 0.05) is 9.87 Å². The van der Waals surface area contributed by atoms with Crippen LogP contribution >= 0.6 is 11.8 Å². The van der Waals surface area contributed by atoms with Crippen molar-refractivity contribution in [1.82, 2.24) is 10.2 Å². The SMILES string of the molecule is [2H]C([2H])([2H])C1=C(C(=O)OC)N2C(=O)[C@@H](NC(=O)OC(C)(C)C)[C@H]2SC1. The maximum atomic E-state index is 12.4. The highest BCUT2D eigenvalue weighted by Gasteiger charge is 2.54. The van der Waals surface area contributed by atoms with Gasteiger partial charge in [-0.3, -0.25) is 9.69 Å². The molecule has 0 spiro atoms. The smallest absolute Gasteiger partial charge is 0.408 e. The average Bonchev–Trinajstić information content (AvgIpc) is 2.47. The summed E-state index contributed by atoms with van der Waals surface area (Å²) in [6.07, 6.45) is -0.753. The minimum Gasteiger partial charge on any atom is -0.464 e. The molecule has 0 aromatic carbocycles. The normalized spacial score (nSPS) is 27.0. The van der Waals surface area contributed by atoms with Crippen LogP contribution in [-0.2, 0) is 19.1 Å². The molecule has 8 heteroatoms. The molecule has 0 unspecified atom stereocenters. The number of nitrogens with zero attached hydrogens (tertiary/aromatic N) is 1. The molecule has 1 saturated heterocycles. The van der Waals surface area contributed by atoms with Crippen LogP contribution in [0.25, 0.3) is 0 Å². The maximum absolute atomic E-state index is 12.4. The molecule has 2 aliphatic heterocycles. The van der Waals surface area contributed by atoms with Crippen molar-refractivity contribution in [2.45, 2.75) is 44.6 Å². The summed E-state index contributed by atoms with van der Waals surface area (Å²) in [5.41, 5.74) is -1.12. The van der Waals surface area contributed by atoms with Crippen molar-refractivity contribution in [2.75, 3.05) is 12.9 Å². The van der Waals surface area contributed by atoms with Gasteiger partial charge >= 0.3 is 12.1 Å². The molecule has 2 amide bonds. The highest BCUT2D eigenvalue weighted by molar-refractivity contribution is 8.00. The highest BCUT2D eigenvalue weighted by Crippen LogP contribution is 2.40. The molecule has 0 aromatic rings. The zero-order valence-corrected chi connectivity index (χ0v) is 13.6. The Bertz CT molecular complexity index is 641. The first-order valence-corrected chi connectivity index (χ1v) is 7.68. The number of fused-ring (bicyclic) bond motifs is 1. The van der Waals surface area contributed by atoms with Crippen molar-refractivity contribution in [3.05, 3.63) is 11.3 Å². The van der Waals surface area contributed by atoms with Crippen molar-refractivity contribution in [3.63, 3.8) is 0 Å². The van der Waals surface area contributed by atoms with E-state index in [1.165, 1.54) is 0 Å². The lowest BCUT2D eigenvalue weighted by Crippen LogP contribution is -2.70. The number of methoxy groups -OCH3 is 1. The monoisotopic (exact) mass is 331 g/mol. The van der Waals surface area contributed by atoms with Gasteiger partial charge in [-0.1, -0.05) is 0 Å². The molecule has 0 radical (unpaired) electrons. The van der Waals surface area contributed by atoms with E-state index >= 15 is 0 Å². The minimum atomic E-state index is -2.52. The Morgan fingerprint density at radius 3 is 2.68 bits per heavy atom. The summed E-state index contributed by atoms with van der Waals surface area (Å²) >= 11 is 1.16. The van der Waals surface area contributed by atoms with Crippen LogP contribution in [0.4, 0.5) is 4.79 Å². The molecule has 7 nitrogen and oxygen atoms in total. The fraction of sp³-hybridized carbons (Fsp3) is 0.643. The van der Waals surface area contributed by atoms with Crippen LogP contribution < -0.4 is 5.32 Å². The summed E-state index contributed by atoms with van der Waals surface area (Å²) in [6.45, 7) is 2.55. The Balaban J connectivity index is 2.23. The number of carbonyl (C=O) groups excluding carboxylic acids is 3. The lowest BCUT2D eigenvalue weighted by Gasteiger charge is -2.49. The zero-order valence-electron chi connectivity index (χ0n) is 15.8. The molecule has 0 aliphatic carbocycles. The van der Waals surface area contributed by atoms with Gasteiger partial charge in [0.25, 0.3) is 5.91 Å². The van der Waals surface area contributed by atoms with Gasteiger partial charge in [-0.05, 0) is 33.2 Å². The van der Waals surface area contributed by atoms with Gasteiger partial charge in [0.05, 0.1) is 7.11 Å². The van der Waals surface area contributed by atoms with Crippen molar-refractivity contribution in [2.24, 2.45) is 0 Å². The number of hydrogen-bond acceptors (Lipinski definition) is 6. The molecule has 2 rings (SSSR count). The number of thioether (sulfide) groups is 1. The van der Waals surface area contributed by atoms with Gasteiger partial charge in [-0.25, -0.2) is 9.59 Å². The third-order valence-electron chi connectivity index (χ3n) is 3.02. The van der Waals surface area contributed by atoms with E-state index < -0.39 is 41.8 Å². The number of nitrogens with one attached hydrogen (secondary N) is 1. The van der Waals surface area contributed by atoms with Gasteiger partial charge in [0.15, 0.2) is 0 Å². The lowest BCUT2D eigenvalue weighted by atomic mass is 10.0. The molecule has 0 bridgehead atoms. The summed E-state index contributed by atoms with van der Waals surface area (Å²) in [6, 6.07) is -0.891. The number of ether oxygens (including phenoxy) is 2. The van der Waals surface area contributed by atoms with Crippen molar-refractivity contribution in [3.8, 4) is 0 Å². The molecule has 2 aliphatic rings. The summed E-state index contributed by atoms with van der Waals surface area (Å²) in [7, 11) is 1.11. The summed E-state index contributed by atoms with van der Waals surface area (Å²) < 4.78 is 32.4. The summed E-state index contributed by atoms with van der Waals surface area (Å²) in [5, 5.41) is 1.88. The first kappa shape index (κ1) is 12.8. The quantitative estimate of drug-likeness (QED) is 0.605. The van der Waals surface area contributed by atoms with Gasteiger partial charge in [0.1, 0.15) is 22.7 Å². The van der Waals surface area contributed by atoms with Crippen LogP contribution in [0.15, 0.2) is 11.3 Å². The zero-order chi connectivity index (χ0) is 19.2. The first-order chi connectivity index (χ1) is 11.4. The number of β-lactam (4-membered cyclic amide) rings is 1. The molecule has 0 saturated carbocycles. The van der Waals surface area contributed by atoms with Crippen LogP contribution in [0.1, 0.15) is 31.7 Å². The molecular formula is C14H20N2O5S. The third-order valence-corrected chi connectivity index (χ3v) is 4.30. The van der Waals surface area contributed by atoms with E-state index in [1.54, 1.807) is 20.8 Å². The van der Waals surface area contributed by atoms with E-state index in [2.05, 4.69) is 10.1 Å². The number of hydrogen-bond donors (Lipinski definition) is 1. The van der Waals surface area contributed by atoms with Gasteiger partial charge < -0.3 is 14.8 Å². The van der Waals surface area contributed by atoms with E-state index in [9.17, 15) is 14.4 Å². The van der Waals surface area contributed by atoms with Crippen molar-refractivity contribution < 1.29 is 28.0 Å². The van der Waals surface area contributed by atoms with Crippen LogP contribution in [0, 0.1) is 0 Å². The molecule has 0 aromatic heterocycles. The number of amides is 2. The Labute approximate surface area is 137 Å². The number of alkyl carbamates (subject to hydrolysis) is 1. The van der Waals surface area contributed by atoms with Crippen molar-refractivity contribution >= 4 is 29.7 Å². The van der Waals surface area contributed by atoms with Gasteiger partial charge in [-0.2, -0.15) is 0 Å². The largest absolute Gasteiger partial charge is 0.464 e. The Morgan fingerprint density at radius 2 is 2.14 bits per heavy atom. The number of carbonyl (C=O) groups is 3. The molecule has 122 valence electrons.